The molecule has 0 saturated carbocycles. The van der Waals surface area contributed by atoms with E-state index in [0.29, 0.717) is 20.3 Å². The molecule has 0 atom stereocenters. The minimum atomic E-state index is 0.118. The maximum absolute atomic E-state index is 10.2. The lowest BCUT2D eigenvalue weighted by atomic mass is 10.3. The number of hydrogen-bond acceptors (Lipinski definition) is 5. The van der Waals surface area contributed by atoms with E-state index < -0.39 is 0 Å². The molecule has 1 aromatic carbocycles. The third-order valence-electron chi connectivity index (χ3n) is 2.76. The van der Waals surface area contributed by atoms with Crippen LogP contribution in [-0.2, 0) is 0 Å². The number of ether oxygens (including phenoxy) is 1. The van der Waals surface area contributed by atoms with Gasteiger partial charge < -0.3 is 9.84 Å². The molecule has 1 heterocycles. The third kappa shape index (κ3) is 2.91. The Morgan fingerprint density at radius 3 is 2.70 bits per heavy atom. The van der Waals surface area contributed by atoms with Crippen LogP contribution in [0.5, 0.6) is 11.6 Å². The minimum Gasteiger partial charge on any atom is -0.494 e. The number of aromatic hydroxyl groups is 1. The van der Waals surface area contributed by atoms with Crippen LogP contribution >= 0.6 is 23.6 Å². The van der Waals surface area contributed by atoms with Crippen LogP contribution in [0, 0.1) is 3.95 Å². The fourth-order valence-electron chi connectivity index (χ4n) is 1.80. The van der Waals surface area contributed by atoms with E-state index in [0.717, 1.165) is 0 Å². The minimum absolute atomic E-state index is 0.118. The molecule has 0 aliphatic rings. The van der Waals surface area contributed by atoms with Crippen molar-refractivity contribution in [3.05, 3.63) is 33.1 Å². The van der Waals surface area contributed by atoms with Crippen molar-refractivity contribution in [2.45, 2.75) is 19.9 Å². The second-order valence-electron chi connectivity index (χ2n) is 4.45. The maximum atomic E-state index is 10.2. The van der Waals surface area contributed by atoms with Crippen LogP contribution in [0.3, 0.4) is 0 Å². The molecule has 0 aliphatic heterocycles. The van der Waals surface area contributed by atoms with E-state index in [1.807, 2.05) is 38.1 Å². The molecule has 0 radical (unpaired) electrons. The normalized spacial score (nSPS) is 11.4. The lowest BCUT2D eigenvalue weighted by Gasteiger charge is -2.07. The summed E-state index contributed by atoms with van der Waals surface area (Å²) in [6, 6.07) is 7.58. The Morgan fingerprint density at radius 2 is 2.10 bits per heavy atom. The molecule has 2 aromatic rings. The molecule has 0 aliphatic carbocycles. The molecular weight excluding hydrogens is 292 g/mol. The van der Waals surface area contributed by atoms with E-state index in [1.54, 1.807) is 17.9 Å². The quantitative estimate of drug-likeness (QED) is 0.675. The van der Waals surface area contributed by atoms with E-state index in [4.69, 9.17) is 17.0 Å². The first-order chi connectivity index (χ1) is 9.54. The van der Waals surface area contributed by atoms with Crippen molar-refractivity contribution < 1.29 is 9.84 Å². The first-order valence-electron chi connectivity index (χ1n) is 6.16. The third-order valence-corrected chi connectivity index (χ3v) is 4.09. The van der Waals surface area contributed by atoms with Gasteiger partial charge in [-0.3, -0.25) is 9.56 Å². The van der Waals surface area contributed by atoms with Crippen LogP contribution in [0.2, 0.25) is 0 Å². The molecule has 20 heavy (non-hydrogen) atoms. The average molecular weight is 308 g/mol. The summed E-state index contributed by atoms with van der Waals surface area (Å²) < 4.78 is 7.58. The number of rotatable bonds is 4. The van der Waals surface area contributed by atoms with Gasteiger partial charge in [0.25, 0.3) is 0 Å². The zero-order valence-electron chi connectivity index (χ0n) is 11.5. The van der Waals surface area contributed by atoms with Crippen molar-refractivity contribution in [1.29, 1.82) is 0 Å². The fraction of sp³-hybridized carbons (Fsp3) is 0.286. The summed E-state index contributed by atoms with van der Waals surface area (Å²) in [6.07, 6.45) is 1.62. The number of nitrogens with zero attached hydrogens (tertiary/aromatic N) is 2. The van der Waals surface area contributed by atoms with Gasteiger partial charge in [-0.05, 0) is 38.2 Å². The first-order valence-corrected chi connectivity index (χ1v) is 7.38. The molecule has 2 rings (SSSR count). The highest BCUT2D eigenvalue weighted by Crippen LogP contribution is 2.30. The second kappa shape index (κ2) is 6.19. The van der Waals surface area contributed by atoms with Crippen molar-refractivity contribution in [3.8, 4) is 11.6 Å². The molecule has 0 spiro atoms. The second-order valence-corrected chi connectivity index (χ2v) is 6.13. The highest BCUT2D eigenvalue weighted by molar-refractivity contribution is 7.73. The summed E-state index contributed by atoms with van der Waals surface area (Å²) in [5.41, 5.74) is 0.713. The molecule has 6 heteroatoms. The number of benzene rings is 1. The van der Waals surface area contributed by atoms with Gasteiger partial charge in [0.2, 0.25) is 5.88 Å². The molecule has 0 amide bonds. The first kappa shape index (κ1) is 14.7. The molecule has 0 bridgehead atoms. The topological polar surface area (TPSA) is 46.8 Å². The van der Waals surface area contributed by atoms with Gasteiger partial charge >= 0.3 is 0 Å². The summed E-state index contributed by atoms with van der Waals surface area (Å²) in [6.45, 7) is 3.95. The molecule has 1 N–H and O–H groups in total. The Hall–Kier alpha value is -1.66. The zero-order chi connectivity index (χ0) is 14.7. The predicted octanol–water partition coefficient (Wildman–Crippen LogP) is 4.32. The molecular formula is C14H16N2O2S2. The molecule has 1 aromatic heterocycles. The number of aliphatic imine (C=N–C) groups is 1. The Bertz CT molecular complexity index is 687. The van der Waals surface area contributed by atoms with Crippen molar-refractivity contribution in [3.63, 3.8) is 0 Å². The van der Waals surface area contributed by atoms with Gasteiger partial charge in [-0.25, -0.2) is 0 Å². The van der Waals surface area contributed by atoms with Crippen LogP contribution in [0.15, 0.2) is 29.3 Å². The monoisotopic (exact) mass is 308 g/mol. The van der Waals surface area contributed by atoms with Gasteiger partial charge in [-0.1, -0.05) is 23.5 Å². The van der Waals surface area contributed by atoms with Crippen molar-refractivity contribution >= 4 is 35.5 Å². The zero-order valence-corrected chi connectivity index (χ0v) is 13.2. The maximum Gasteiger partial charge on any atom is 0.212 e. The van der Waals surface area contributed by atoms with Crippen molar-refractivity contribution in [2.75, 3.05) is 7.11 Å². The van der Waals surface area contributed by atoms with E-state index in [2.05, 4.69) is 4.99 Å². The smallest absolute Gasteiger partial charge is 0.212 e. The highest BCUT2D eigenvalue weighted by Gasteiger charge is 2.12. The van der Waals surface area contributed by atoms with Crippen molar-refractivity contribution in [2.24, 2.45) is 4.99 Å². The SMILES string of the molecule is COc1ccccc1N=Cc1sc(=S)n(C(C)C)c1O. The van der Waals surface area contributed by atoms with E-state index >= 15 is 0 Å². The van der Waals surface area contributed by atoms with Crippen LogP contribution < -0.4 is 4.74 Å². The Labute approximate surface area is 127 Å². The van der Waals surface area contributed by atoms with Crippen LogP contribution in [0.1, 0.15) is 24.8 Å². The van der Waals surface area contributed by atoms with Gasteiger partial charge in [-0.2, -0.15) is 0 Å². The molecule has 106 valence electrons. The van der Waals surface area contributed by atoms with E-state index in [1.165, 1.54) is 11.3 Å². The largest absolute Gasteiger partial charge is 0.494 e. The van der Waals surface area contributed by atoms with Gasteiger partial charge in [0.1, 0.15) is 16.3 Å². The lowest BCUT2D eigenvalue weighted by molar-refractivity contribution is 0.398. The number of aromatic nitrogens is 1. The molecule has 0 saturated heterocycles. The van der Waals surface area contributed by atoms with Gasteiger partial charge in [0, 0.05) is 6.04 Å². The van der Waals surface area contributed by atoms with Gasteiger partial charge in [0.15, 0.2) is 3.95 Å². The van der Waals surface area contributed by atoms with Crippen LogP contribution in [0.4, 0.5) is 5.69 Å². The molecule has 0 fully saturated rings. The Morgan fingerprint density at radius 1 is 1.40 bits per heavy atom. The van der Waals surface area contributed by atoms with Crippen LogP contribution in [-0.4, -0.2) is 23.0 Å². The summed E-state index contributed by atoms with van der Waals surface area (Å²) >= 11 is 6.59. The number of hydrogen-bond donors (Lipinski definition) is 1. The Balaban J connectivity index is 2.38. The number of para-hydroxylation sites is 2. The number of methoxy groups -OCH3 is 1. The van der Waals surface area contributed by atoms with Crippen molar-refractivity contribution in [1.82, 2.24) is 4.57 Å². The number of thiazole rings is 1. The van der Waals surface area contributed by atoms with Gasteiger partial charge in [0.05, 0.1) is 13.3 Å². The van der Waals surface area contributed by atoms with E-state index in [-0.39, 0.29) is 11.9 Å². The summed E-state index contributed by atoms with van der Waals surface area (Å²) in [5.74, 6) is 0.851. The van der Waals surface area contributed by atoms with Gasteiger partial charge in [-0.15, -0.1) is 0 Å². The van der Waals surface area contributed by atoms with E-state index in [9.17, 15) is 5.11 Å². The lowest BCUT2D eigenvalue weighted by Crippen LogP contribution is -1.99. The highest BCUT2D eigenvalue weighted by atomic mass is 32.1. The average Bonchev–Trinajstić information content (AvgIpc) is 2.71. The van der Waals surface area contributed by atoms with Crippen LogP contribution in [0.25, 0.3) is 0 Å². The Kier molecular flexibility index (Phi) is 4.57. The predicted molar refractivity (Wildman–Crippen MR) is 85.4 cm³/mol. The summed E-state index contributed by atoms with van der Waals surface area (Å²) in [5, 5.41) is 10.2. The summed E-state index contributed by atoms with van der Waals surface area (Å²) in [4.78, 5) is 5.01. The summed E-state index contributed by atoms with van der Waals surface area (Å²) in [7, 11) is 1.60. The fourth-order valence-corrected chi connectivity index (χ4v) is 3.24. The molecule has 0 unspecified atom stereocenters. The molecule has 4 nitrogen and oxygen atoms in total. The standard InChI is InChI=1S/C14H16N2O2S2/c1-9(2)16-13(17)12(20-14(16)19)8-15-10-6-4-5-7-11(10)18-3/h4-9,17H,1-3H3.